The van der Waals surface area contributed by atoms with Crippen molar-refractivity contribution >= 4 is 10.0 Å². The molecule has 6 heteroatoms. The minimum absolute atomic E-state index is 0.182. The molecule has 1 atom stereocenters. The highest BCUT2D eigenvalue weighted by Gasteiger charge is 2.16. The van der Waals surface area contributed by atoms with Crippen LogP contribution in [0.3, 0.4) is 0 Å². The average Bonchev–Trinajstić information content (AvgIpc) is 2.35. The molecular weight excluding hydrogens is 242 g/mol. The van der Waals surface area contributed by atoms with Crippen molar-refractivity contribution in [2.24, 2.45) is 0 Å². The van der Waals surface area contributed by atoms with Crippen LogP contribution in [0, 0.1) is 0 Å². The Morgan fingerprint density at radius 3 is 2.41 bits per heavy atom. The molecule has 96 valence electrons. The maximum atomic E-state index is 11.8. The molecule has 1 aromatic rings. The Bertz CT molecular complexity index is 418. The highest BCUT2D eigenvalue weighted by molar-refractivity contribution is 7.89. The Morgan fingerprint density at radius 2 is 1.88 bits per heavy atom. The fourth-order valence-electron chi connectivity index (χ4n) is 1.28. The van der Waals surface area contributed by atoms with E-state index in [1.165, 1.54) is 14.2 Å². The summed E-state index contributed by atoms with van der Waals surface area (Å²) in [5.74, 6) is 0. The first-order valence-electron chi connectivity index (χ1n) is 5.16. The van der Waals surface area contributed by atoms with E-state index in [4.69, 9.17) is 9.47 Å². The first-order valence-corrected chi connectivity index (χ1v) is 6.65. The maximum Gasteiger partial charge on any atom is 0.240 e. The van der Waals surface area contributed by atoms with E-state index in [-0.39, 0.29) is 17.5 Å². The average molecular weight is 259 g/mol. The van der Waals surface area contributed by atoms with Gasteiger partial charge >= 0.3 is 0 Å². The van der Waals surface area contributed by atoms with Gasteiger partial charge in [-0.3, -0.25) is 0 Å². The van der Waals surface area contributed by atoms with Gasteiger partial charge in [-0.05, 0) is 12.1 Å². The summed E-state index contributed by atoms with van der Waals surface area (Å²) in [6.45, 7) is 0.523. The number of ether oxygens (including phenoxy) is 2. The van der Waals surface area contributed by atoms with Crippen molar-refractivity contribution in [3.8, 4) is 0 Å². The largest absolute Gasteiger partial charge is 0.382 e. The van der Waals surface area contributed by atoms with Crippen molar-refractivity contribution in [3.05, 3.63) is 30.3 Å². The first kappa shape index (κ1) is 14.1. The molecule has 0 saturated heterocycles. The molecule has 0 bridgehead atoms. The summed E-state index contributed by atoms with van der Waals surface area (Å²) < 4.78 is 36.2. The zero-order chi connectivity index (χ0) is 12.7. The van der Waals surface area contributed by atoms with Crippen LogP contribution >= 0.6 is 0 Å². The molecule has 1 aromatic carbocycles. The molecule has 0 aromatic heterocycles. The van der Waals surface area contributed by atoms with Gasteiger partial charge in [0.15, 0.2) is 0 Å². The van der Waals surface area contributed by atoms with Gasteiger partial charge < -0.3 is 9.47 Å². The zero-order valence-corrected chi connectivity index (χ0v) is 10.7. The highest BCUT2D eigenvalue weighted by Crippen LogP contribution is 2.07. The van der Waals surface area contributed by atoms with Gasteiger partial charge in [-0.25, -0.2) is 13.1 Å². The lowest BCUT2D eigenvalue weighted by Gasteiger charge is -2.15. The summed E-state index contributed by atoms with van der Waals surface area (Å²) in [4.78, 5) is 0.243. The Hall–Kier alpha value is -0.950. The van der Waals surface area contributed by atoms with Crippen molar-refractivity contribution in [1.82, 2.24) is 4.72 Å². The first-order chi connectivity index (χ1) is 8.10. The predicted octanol–water partition coefficient (Wildman–Crippen LogP) is 0.626. The normalized spacial score (nSPS) is 13.5. The fraction of sp³-hybridized carbons (Fsp3) is 0.455. The molecule has 0 aliphatic heterocycles. The lowest BCUT2D eigenvalue weighted by atomic mass is 10.4. The number of nitrogens with one attached hydrogen (secondary N) is 1. The third-order valence-corrected chi connectivity index (χ3v) is 3.68. The van der Waals surface area contributed by atoms with E-state index in [0.29, 0.717) is 6.61 Å². The summed E-state index contributed by atoms with van der Waals surface area (Å²) in [6, 6.07) is 8.21. The van der Waals surface area contributed by atoms with Crippen LogP contribution in [0.2, 0.25) is 0 Å². The van der Waals surface area contributed by atoms with Crippen LogP contribution in [-0.4, -0.2) is 41.9 Å². The standard InChI is InChI=1S/C11H17NO4S/c1-15-9-10(16-2)8-12-17(13,14)11-6-4-3-5-7-11/h3-7,10,12H,8-9H2,1-2H3. The van der Waals surface area contributed by atoms with Crippen LogP contribution in [0.25, 0.3) is 0 Å². The number of hydrogen-bond acceptors (Lipinski definition) is 4. The quantitative estimate of drug-likeness (QED) is 0.780. The smallest absolute Gasteiger partial charge is 0.240 e. The van der Waals surface area contributed by atoms with Gasteiger partial charge in [0.25, 0.3) is 0 Å². The van der Waals surface area contributed by atoms with E-state index < -0.39 is 10.0 Å². The number of sulfonamides is 1. The Labute approximate surface area is 102 Å². The summed E-state index contributed by atoms with van der Waals surface area (Å²) in [6.07, 6.45) is -0.293. The van der Waals surface area contributed by atoms with Gasteiger partial charge in [-0.2, -0.15) is 0 Å². The fourth-order valence-corrected chi connectivity index (χ4v) is 2.37. The van der Waals surface area contributed by atoms with E-state index in [2.05, 4.69) is 4.72 Å². The topological polar surface area (TPSA) is 64.6 Å². The minimum Gasteiger partial charge on any atom is -0.382 e. The zero-order valence-electron chi connectivity index (χ0n) is 9.92. The highest BCUT2D eigenvalue weighted by atomic mass is 32.2. The molecular formula is C11H17NO4S. The van der Waals surface area contributed by atoms with Crippen molar-refractivity contribution in [2.75, 3.05) is 27.4 Å². The van der Waals surface area contributed by atoms with Crippen LogP contribution < -0.4 is 4.72 Å². The molecule has 0 spiro atoms. The second kappa shape index (κ2) is 6.70. The van der Waals surface area contributed by atoms with Crippen LogP contribution in [0.1, 0.15) is 0 Å². The van der Waals surface area contributed by atoms with Gasteiger partial charge in [0, 0.05) is 20.8 Å². The van der Waals surface area contributed by atoms with Crippen molar-refractivity contribution < 1.29 is 17.9 Å². The lowest BCUT2D eigenvalue weighted by molar-refractivity contribution is 0.0320. The van der Waals surface area contributed by atoms with Crippen molar-refractivity contribution in [3.63, 3.8) is 0 Å². The molecule has 17 heavy (non-hydrogen) atoms. The Morgan fingerprint density at radius 1 is 1.24 bits per heavy atom. The lowest BCUT2D eigenvalue weighted by Crippen LogP contribution is -2.35. The maximum absolute atomic E-state index is 11.8. The van der Waals surface area contributed by atoms with Gasteiger partial charge in [-0.15, -0.1) is 0 Å². The number of rotatable bonds is 7. The van der Waals surface area contributed by atoms with Crippen LogP contribution in [0.5, 0.6) is 0 Å². The third-order valence-electron chi connectivity index (χ3n) is 2.24. The molecule has 0 fully saturated rings. The summed E-state index contributed by atoms with van der Waals surface area (Å²) >= 11 is 0. The molecule has 1 rings (SSSR count). The van der Waals surface area contributed by atoms with E-state index in [1.54, 1.807) is 30.3 Å². The predicted molar refractivity (Wildman–Crippen MR) is 64.3 cm³/mol. The van der Waals surface area contributed by atoms with Crippen molar-refractivity contribution in [2.45, 2.75) is 11.0 Å². The van der Waals surface area contributed by atoms with Gasteiger partial charge in [0.2, 0.25) is 10.0 Å². The second-order valence-electron chi connectivity index (χ2n) is 3.48. The Kier molecular flexibility index (Phi) is 5.57. The molecule has 5 nitrogen and oxygen atoms in total. The van der Waals surface area contributed by atoms with Crippen LogP contribution in [0.4, 0.5) is 0 Å². The van der Waals surface area contributed by atoms with Gasteiger partial charge in [0.1, 0.15) is 0 Å². The van der Waals surface area contributed by atoms with Crippen molar-refractivity contribution in [1.29, 1.82) is 0 Å². The molecule has 0 aliphatic rings. The minimum atomic E-state index is -3.47. The molecule has 1 N–H and O–H groups in total. The molecule has 0 radical (unpaired) electrons. The second-order valence-corrected chi connectivity index (χ2v) is 5.24. The van der Waals surface area contributed by atoms with E-state index in [0.717, 1.165) is 0 Å². The number of methoxy groups -OCH3 is 2. The van der Waals surface area contributed by atoms with Gasteiger partial charge in [-0.1, -0.05) is 18.2 Å². The summed E-state index contributed by atoms with van der Waals surface area (Å²) in [7, 11) is -0.416. The molecule has 1 unspecified atom stereocenters. The van der Waals surface area contributed by atoms with E-state index in [1.807, 2.05) is 0 Å². The van der Waals surface area contributed by atoms with E-state index in [9.17, 15) is 8.42 Å². The van der Waals surface area contributed by atoms with E-state index >= 15 is 0 Å². The molecule has 0 amide bonds. The number of benzene rings is 1. The number of hydrogen-bond donors (Lipinski definition) is 1. The summed E-state index contributed by atoms with van der Waals surface area (Å²) in [5, 5.41) is 0. The monoisotopic (exact) mass is 259 g/mol. The molecule has 0 aliphatic carbocycles. The van der Waals surface area contributed by atoms with Crippen LogP contribution in [0.15, 0.2) is 35.2 Å². The molecule has 0 saturated carbocycles. The SMILES string of the molecule is COCC(CNS(=O)(=O)c1ccccc1)OC. The van der Waals surface area contributed by atoms with Crippen LogP contribution in [-0.2, 0) is 19.5 Å². The summed E-state index contributed by atoms with van der Waals surface area (Å²) in [5.41, 5.74) is 0. The Balaban J connectivity index is 2.62. The van der Waals surface area contributed by atoms with Gasteiger partial charge in [0.05, 0.1) is 17.6 Å². The third kappa shape index (κ3) is 4.43. The molecule has 0 heterocycles.